The molecule has 0 saturated heterocycles. The fourth-order valence-electron chi connectivity index (χ4n) is 2.13. The zero-order chi connectivity index (χ0) is 20.9. The van der Waals surface area contributed by atoms with Gasteiger partial charge in [0.05, 0.1) is 23.1 Å². The molecule has 0 aliphatic carbocycles. The van der Waals surface area contributed by atoms with Gasteiger partial charge in [-0.2, -0.15) is 22.3 Å². The Bertz CT molecular complexity index is 1010. The van der Waals surface area contributed by atoms with Crippen molar-refractivity contribution >= 4 is 21.9 Å². The number of nitrogens with one attached hydrogen (secondary N) is 1. The summed E-state index contributed by atoms with van der Waals surface area (Å²) in [7, 11) is -2.90. The predicted molar refractivity (Wildman–Crippen MR) is 95.4 cm³/mol. The summed E-state index contributed by atoms with van der Waals surface area (Å²) in [5, 5.41) is 14.5. The maximum atomic E-state index is 12.3. The molecule has 0 heterocycles. The number of methoxy groups -OCH3 is 1. The van der Waals surface area contributed by atoms with Crippen LogP contribution in [0.2, 0.25) is 0 Å². The molecular weight excluding hydrogens is 400 g/mol. The highest BCUT2D eigenvalue weighted by Crippen LogP contribution is 2.29. The van der Waals surface area contributed by atoms with E-state index in [2.05, 4.69) is 9.84 Å². The predicted octanol–water partition coefficient (Wildman–Crippen LogP) is 2.83. The molecule has 0 aliphatic heterocycles. The summed E-state index contributed by atoms with van der Waals surface area (Å²) >= 11 is 0. The molecule has 0 atom stereocenters. The molecule has 12 heteroatoms. The Kier molecular flexibility index (Phi) is 6.46. The van der Waals surface area contributed by atoms with Gasteiger partial charge in [-0.1, -0.05) is 6.07 Å². The number of rotatable bonds is 8. The molecule has 0 radical (unpaired) electrons. The van der Waals surface area contributed by atoms with Gasteiger partial charge in [0.1, 0.15) is 0 Å². The normalized spacial score (nSPS) is 11.6. The summed E-state index contributed by atoms with van der Waals surface area (Å²) in [5.41, 5.74) is 0.299. The zero-order valence-electron chi connectivity index (χ0n) is 14.6. The largest absolute Gasteiger partial charge is 0.493 e. The van der Waals surface area contributed by atoms with Crippen molar-refractivity contribution < 1.29 is 31.6 Å². The van der Waals surface area contributed by atoms with Crippen molar-refractivity contribution in [2.45, 2.75) is 18.4 Å². The molecule has 0 amide bonds. The number of aryl methyl sites for hydroxylation is 1. The van der Waals surface area contributed by atoms with Crippen LogP contribution in [-0.4, -0.2) is 33.3 Å². The van der Waals surface area contributed by atoms with Gasteiger partial charge in [-0.05, 0) is 36.8 Å². The molecule has 0 bridgehead atoms. The third-order valence-corrected chi connectivity index (χ3v) is 4.70. The minimum atomic E-state index is -4.15. The number of sulfonamides is 1. The van der Waals surface area contributed by atoms with Gasteiger partial charge in [-0.15, -0.1) is 0 Å². The van der Waals surface area contributed by atoms with Crippen LogP contribution >= 0.6 is 0 Å². The molecule has 0 aliphatic rings. The van der Waals surface area contributed by atoms with Crippen molar-refractivity contribution in [1.82, 2.24) is 4.83 Å². The topological polar surface area (TPSA) is 120 Å². The highest BCUT2D eigenvalue weighted by Gasteiger charge is 2.19. The van der Waals surface area contributed by atoms with Gasteiger partial charge < -0.3 is 9.47 Å². The van der Waals surface area contributed by atoms with Gasteiger partial charge in [0.25, 0.3) is 15.7 Å². The summed E-state index contributed by atoms with van der Waals surface area (Å²) in [6, 6.07) is 7.32. The van der Waals surface area contributed by atoms with Gasteiger partial charge in [0, 0.05) is 11.6 Å². The van der Waals surface area contributed by atoms with Crippen molar-refractivity contribution in [2.24, 2.45) is 5.10 Å². The molecule has 9 nitrogen and oxygen atoms in total. The molecule has 0 saturated carbocycles. The summed E-state index contributed by atoms with van der Waals surface area (Å²) in [4.78, 5) is 11.8. The molecule has 0 aromatic heterocycles. The smallest absolute Gasteiger partial charge is 0.387 e. The highest BCUT2D eigenvalue weighted by molar-refractivity contribution is 7.89. The molecule has 0 fully saturated rings. The number of benzene rings is 2. The minimum absolute atomic E-state index is 0.00117. The van der Waals surface area contributed by atoms with Crippen LogP contribution in [0.5, 0.6) is 11.5 Å². The first-order chi connectivity index (χ1) is 13.1. The molecule has 2 aromatic carbocycles. The first-order valence-electron chi connectivity index (χ1n) is 7.57. The second-order valence-electron chi connectivity index (χ2n) is 5.35. The lowest BCUT2D eigenvalue weighted by Gasteiger charge is -2.10. The Morgan fingerprint density at radius 1 is 1.21 bits per heavy atom. The van der Waals surface area contributed by atoms with E-state index in [-0.39, 0.29) is 22.1 Å². The number of ether oxygens (including phenoxy) is 2. The maximum absolute atomic E-state index is 12.3. The van der Waals surface area contributed by atoms with Crippen LogP contribution in [0, 0.1) is 17.0 Å². The van der Waals surface area contributed by atoms with Crippen LogP contribution in [0.25, 0.3) is 0 Å². The third-order valence-electron chi connectivity index (χ3n) is 3.48. The fraction of sp³-hybridized carbons (Fsp3) is 0.188. The molecule has 150 valence electrons. The SMILES string of the molecule is COc1cc(/C=N/NS(=O)(=O)c2ccc(C)c([N+](=O)[O-])c2)ccc1OC(F)F. The Labute approximate surface area is 158 Å². The molecule has 1 N–H and O–H groups in total. The van der Waals surface area contributed by atoms with E-state index in [9.17, 15) is 27.3 Å². The zero-order valence-corrected chi connectivity index (χ0v) is 15.4. The first-order valence-corrected chi connectivity index (χ1v) is 9.05. The molecule has 28 heavy (non-hydrogen) atoms. The second-order valence-corrected chi connectivity index (χ2v) is 7.01. The molecular formula is C16H15F2N3O6S. The molecule has 0 unspecified atom stereocenters. The Balaban J connectivity index is 2.19. The van der Waals surface area contributed by atoms with E-state index < -0.39 is 21.6 Å². The number of nitro benzene ring substituents is 1. The van der Waals surface area contributed by atoms with Crippen LogP contribution in [0.3, 0.4) is 0 Å². The summed E-state index contributed by atoms with van der Waals surface area (Å²) < 4.78 is 58.3. The number of nitrogens with zero attached hydrogens (tertiary/aromatic N) is 2. The van der Waals surface area contributed by atoms with Crippen molar-refractivity contribution in [2.75, 3.05) is 7.11 Å². The van der Waals surface area contributed by atoms with Gasteiger partial charge in [0.15, 0.2) is 11.5 Å². The lowest BCUT2D eigenvalue weighted by atomic mass is 10.2. The number of nitro groups is 1. The molecule has 2 rings (SSSR count). The Morgan fingerprint density at radius 2 is 1.93 bits per heavy atom. The monoisotopic (exact) mass is 415 g/mol. The lowest BCUT2D eigenvalue weighted by Crippen LogP contribution is -2.18. The van der Waals surface area contributed by atoms with Crippen molar-refractivity contribution in [3.8, 4) is 11.5 Å². The van der Waals surface area contributed by atoms with Gasteiger partial charge in [0.2, 0.25) is 0 Å². The quantitative estimate of drug-likeness (QED) is 0.402. The van der Waals surface area contributed by atoms with Crippen LogP contribution in [0.1, 0.15) is 11.1 Å². The first kappa shape index (κ1) is 21.0. The number of hydrogen-bond acceptors (Lipinski definition) is 7. The van der Waals surface area contributed by atoms with Gasteiger partial charge >= 0.3 is 6.61 Å². The van der Waals surface area contributed by atoms with E-state index in [1.54, 1.807) is 0 Å². The summed E-state index contributed by atoms with van der Waals surface area (Å²) in [6.07, 6.45) is 1.11. The number of hydrazone groups is 1. The highest BCUT2D eigenvalue weighted by atomic mass is 32.2. The lowest BCUT2D eigenvalue weighted by molar-refractivity contribution is -0.385. The van der Waals surface area contributed by atoms with E-state index >= 15 is 0 Å². The van der Waals surface area contributed by atoms with Crippen LogP contribution in [0.4, 0.5) is 14.5 Å². The van der Waals surface area contributed by atoms with Crippen molar-refractivity contribution in [1.29, 1.82) is 0 Å². The average Bonchev–Trinajstić information content (AvgIpc) is 2.62. The number of halogens is 2. The number of alkyl halides is 2. The second kappa shape index (κ2) is 8.61. The van der Waals surface area contributed by atoms with Crippen LogP contribution in [-0.2, 0) is 10.0 Å². The van der Waals surface area contributed by atoms with E-state index in [1.807, 2.05) is 4.83 Å². The molecule has 2 aromatic rings. The molecule has 0 spiro atoms. The van der Waals surface area contributed by atoms with E-state index in [0.29, 0.717) is 11.1 Å². The third kappa shape index (κ3) is 5.13. The van der Waals surface area contributed by atoms with Crippen molar-refractivity contribution in [3.05, 3.63) is 57.6 Å². The number of hydrogen-bond donors (Lipinski definition) is 1. The average molecular weight is 415 g/mol. The minimum Gasteiger partial charge on any atom is -0.493 e. The van der Waals surface area contributed by atoms with Gasteiger partial charge in [-0.25, -0.2) is 4.83 Å². The van der Waals surface area contributed by atoms with Gasteiger partial charge in [-0.3, -0.25) is 10.1 Å². The summed E-state index contributed by atoms with van der Waals surface area (Å²) in [6.45, 7) is -1.55. The fourth-order valence-corrected chi connectivity index (χ4v) is 2.94. The van der Waals surface area contributed by atoms with Crippen LogP contribution in [0.15, 0.2) is 46.4 Å². The standard InChI is InChI=1S/C16H15F2N3O6S/c1-10-3-5-12(8-13(10)21(22)23)28(24,25)20-19-9-11-4-6-14(27-16(17)18)15(7-11)26-2/h3-9,16,20H,1-2H3/b19-9+. The Hall–Kier alpha value is -3.28. The Morgan fingerprint density at radius 3 is 2.54 bits per heavy atom. The van der Waals surface area contributed by atoms with Crippen LogP contribution < -0.4 is 14.3 Å². The van der Waals surface area contributed by atoms with Crippen molar-refractivity contribution in [3.63, 3.8) is 0 Å². The van der Waals surface area contributed by atoms with E-state index in [4.69, 9.17) is 4.74 Å². The van der Waals surface area contributed by atoms with E-state index in [0.717, 1.165) is 12.3 Å². The van der Waals surface area contributed by atoms with E-state index in [1.165, 1.54) is 44.4 Å². The maximum Gasteiger partial charge on any atom is 0.387 e. The summed E-state index contributed by atoms with van der Waals surface area (Å²) in [5.74, 6) is -0.191.